The van der Waals surface area contributed by atoms with E-state index in [1.807, 2.05) is 6.92 Å². The van der Waals surface area contributed by atoms with Crippen molar-refractivity contribution < 1.29 is 17.9 Å². The van der Waals surface area contributed by atoms with Crippen molar-refractivity contribution in [2.75, 3.05) is 37.9 Å². The fourth-order valence-electron chi connectivity index (χ4n) is 3.73. The van der Waals surface area contributed by atoms with E-state index in [4.69, 9.17) is 21.1 Å². The number of aromatic nitrogens is 2. The first-order valence-corrected chi connectivity index (χ1v) is 10.6. The Balaban J connectivity index is 1.71. The molecule has 138 valence electrons. The van der Waals surface area contributed by atoms with Gasteiger partial charge in [0.15, 0.2) is 9.84 Å². The smallest absolute Gasteiger partial charge is 0.224 e. The average Bonchev–Trinajstić information content (AvgIpc) is 3.22. The molecule has 3 aliphatic rings. The van der Waals surface area contributed by atoms with E-state index in [-0.39, 0.29) is 17.9 Å². The van der Waals surface area contributed by atoms with Crippen LogP contribution in [0.15, 0.2) is 6.07 Å². The van der Waals surface area contributed by atoms with Crippen molar-refractivity contribution in [3.05, 3.63) is 17.0 Å². The number of nitrogens with zero attached hydrogens (tertiary/aromatic N) is 3. The highest BCUT2D eigenvalue weighted by molar-refractivity contribution is 7.93. The van der Waals surface area contributed by atoms with Crippen LogP contribution in [0.3, 0.4) is 0 Å². The van der Waals surface area contributed by atoms with Crippen LogP contribution in [-0.2, 0) is 24.1 Å². The van der Waals surface area contributed by atoms with E-state index in [0.29, 0.717) is 57.1 Å². The second-order valence-electron chi connectivity index (χ2n) is 7.02. The van der Waals surface area contributed by atoms with Crippen LogP contribution in [0.2, 0.25) is 5.28 Å². The number of hydrogen-bond acceptors (Lipinski definition) is 7. The number of hydrogen-bond donors (Lipinski definition) is 0. The Bertz CT molecular complexity index is 763. The second-order valence-corrected chi connectivity index (χ2v) is 9.90. The van der Waals surface area contributed by atoms with E-state index in [0.717, 1.165) is 0 Å². The summed E-state index contributed by atoms with van der Waals surface area (Å²) in [5.74, 6) is 0.676. The summed E-state index contributed by atoms with van der Waals surface area (Å²) in [4.78, 5) is 10.7. The minimum Gasteiger partial charge on any atom is -0.380 e. The highest BCUT2D eigenvalue weighted by atomic mass is 35.5. The van der Waals surface area contributed by atoms with Gasteiger partial charge in [0.25, 0.3) is 0 Å². The molecule has 1 saturated carbocycles. The SMILES string of the molecule is C[C@H]1COCCN1c1cc(C2(S(=O)(=O)C3CCOC3)CC2)nc(Cl)n1. The molecule has 1 aromatic heterocycles. The molecule has 1 aliphatic carbocycles. The zero-order valence-corrected chi connectivity index (χ0v) is 15.7. The van der Waals surface area contributed by atoms with Crippen LogP contribution in [0.25, 0.3) is 0 Å². The molecule has 25 heavy (non-hydrogen) atoms. The molecule has 0 bridgehead atoms. The third kappa shape index (κ3) is 2.93. The summed E-state index contributed by atoms with van der Waals surface area (Å²) in [6, 6.07) is 1.95. The lowest BCUT2D eigenvalue weighted by Crippen LogP contribution is -2.44. The molecule has 7 nitrogen and oxygen atoms in total. The molecule has 9 heteroatoms. The summed E-state index contributed by atoms with van der Waals surface area (Å²) in [5.41, 5.74) is 0.521. The maximum absolute atomic E-state index is 13.2. The Labute approximate surface area is 152 Å². The third-order valence-electron chi connectivity index (χ3n) is 5.39. The number of rotatable bonds is 4. The molecule has 0 spiro atoms. The van der Waals surface area contributed by atoms with E-state index in [1.54, 1.807) is 6.07 Å². The summed E-state index contributed by atoms with van der Waals surface area (Å²) in [6.07, 6.45) is 1.71. The van der Waals surface area contributed by atoms with Gasteiger partial charge in [0.1, 0.15) is 10.6 Å². The molecule has 2 atom stereocenters. The molecule has 0 aromatic carbocycles. The average molecular weight is 388 g/mol. The zero-order chi connectivity index (χ0) is 17.7. The molecular weight excluding hydrogens is 366 g/mol. The molecule has 3 fully saturated rings. The van der Waals surface area contributed by atoms with Crippen molar-refractivity contribution in [2.45, 2.75) is 42.2 Å². The maximum Gasteiger partial charge on any atom is 0.224 e. The van der Waals surface area contributed by atoms with Crippen LogP contribution in [-0.4, -0.2) is 62.6 Å². The fourth-order valence-corrected chi connectivity index (χ4v) is 6.30. The second kappa shape index (κ2) is 6.33. The molecule has 4 rings (SSSR count). The van der Waals surface area contributed by atoms with E-state index in [2.05, 4.69) is 14.9 Å². The first kappa shape index (κ1) is 17.5. The molecule has 2 aliphatic heterocycles. The lowest BCUT2D eigenvalue weighted by Gasteiger charge is -2.34. The van der Waals surface area contributed by atoms with Gasteiger partial charge >= 0.3 is 0 Å². The summed E-state index contributed by atoms with van der Waals surface area (Å²) in [7, 11) is -3.38. The minimum absolute atomic E-state index is 0.0929. The predicted octanol–water partition coefficient (Wildman–Crippen LogP) is 1.55. The fraction of sp³-hybridized carbons (Fsp3) is 0.750. The van der Waals surface area contributed by atoms with Crippen LogP contribution in [0.1, 0.15) is 31.9 Å². The summed E-state index contributed by atoms with van der Waals surface area (Å²) in [5, 5.41) is -0.357. The Morgan fingerprint density at radius 1 is 1.24 bits per heavy atom. The Morgan fingerprint density at radius 2 is 2.00 bits per heavy atom. The number of anilines is 1. The topological polar surface area (TPSA) is 81.6 Å². The van der Waals surface area contributed by atoms with Crippen molar-refractivity contribution >= 4 is 27.3 Å². The number of sulfone groups is 1. The molecular formula is C16H22ClN3O4S. The first-order valence-electron chi connectivity index (χ1n) is 8.65. The Morgan fingerprint density at radius 3 is 2.64 bits per heavy atom. The van der Waals surface area contributed by atoms with Gasteiger partial charge in [-0.3, -0.25) is 0 Å². The molecule has 3 heterocycles. The molecule has 0 radical (unpaired) electrons. The van der Waals surface area contributed by atoms with Gasteiger partial charge in [-0.1, -0.05) is 0 Å². The first-order chi connectivity index (χ1) is 11.9. The summed E-state index contributed by atoms with van der Waals surface area (Å²) in [6.45, 7) is 4.75. The molecule has 0 N–H and O–H groups in total. The van der Waals surface area contributed by atoms with Gasteiger partial charge in [-0.25, -0.2) is 18.4 Å². The van der Waals surface area contributed by atoms with Crippen LogP contribution >= 0.6 is 11.6 Å². The van der Waals surface area contributed by atoms with Gasteiger partial charge in [-0.2, -0.15) is 0 Å². The number of halogens is 1. The Hall–Kier alpha value is -0.960. The summed E-state index contributed by atoms with van der Waals surface area (Å²) < 4.78 is 36.2. The van der Waals surface area contributed by atoms with Crippen molar-refractivity contribution in [1.29, 1.82) is 0 Å². The molecule has 2 saturated heterocycles. The van der Waals surface area contributed by atoms with Gasteiger partial charge in [0, 0.05) is 19.2 Å². The number of morpholine rings is 1. The predicted molar refractivity (Wildman–Crippen MR) is 93.7 cm³/mol. The standard InChI is InChI=1S/C16H22ClN3O4S/c1-11-9-24-7-5-20(11)14-8-13(18-15(17)19-14)16(3-4-16)25(21,22)12-2-6-23-10-12/h8,11-12H,2-7,9-10H2,1H3/t11-,12?/m0/s1. The van der Waals surface area contributed by atoms with Gasteiger partial charge in [0.05, 0.1) is 36.8 Å². The quantitative estimate of drug-likeness (QED) is 0.725. The largest absolute Gasteiger partial charge is 0.380 e. The van der Waals surface area contributed by atoms with E-state index in [9.17, 15) is 8.42 Å². The Kier molecular flexibility index (Phi) is 4.42. The van der Waals surface area contributed by atoms with E-state index in [1.165, 1.54) is 0 Å². The van der Waals surface area contributed by atoms with Gasteiger partial charge < -0.3 is 14.4 Å². The highest BCUT2D eigenvalue weighted by Gasteiger charge is 2.60. The molecule has 0 amide bonds. The van der Waals surface area contributed by atoms with E-state index >= 15 is 0 Å². The lowest BCUT2D eigenvalue weighted by atomic mass is 10.2. The number of ether oxygens (including phenoxy) is 2. The zero-order valence-electron chi connectivity index (χ0n) is 14.1. The van der Waals surface area contributed by atoms with Crippen molar-refractivity contribution in [3.63, 3.8) is 0 Å². The lowest BCUT2D eigenvalue weighted by molar-refractivity contribution is 0.0985. The summed E-state index contributed by atoms with van der Waals surface area (Å²) >= 11 is 6.16. The van der Waals surface area contributed by atoms with E-state index < -0.39 is 19.8 Å². The van der Waals surface area contributed by atoms with Crippen molar-refractivity contribution in [1.82, 2.24) is 9.97 Å². The van der Waals surface area contributed by atoms with Gasteiger partial charge in [0.2, 0.25) is 5.28 Å². The van der Waals surface area contributed by atoms with Gasteiger partial charge in [-0.05, 0) is 37.8 Å². The molecule has 1 unspecified atom stereocenters. The highest BCUT2D eigenvalue weighted by Crippen LogP contribution is 2.54. The van der Waals surface area contributed by atoms with Crippen molar-refractivity contribution in [3.8, 4) is 0 Å². The van der Waals surface area contributed by atoms with Crippen LogP contribution < -0.4 is 4.90 Å². The van der Waals surface area contributed by atoms with Gasteiger partial charge in [-0.15, -0.1) is 0 Å². The monoisotopic (exact) mass is 387 g/mol. The van der Waals surface area contributed by atoms with Crippen LogP contribution in [0, 0.1) is 0 Å². The third-order valence-corrected chi connectivity index (χ3v) is 8.51. The normalized spacial score (nSPS) is 29.0. The minimum atomic E-state index is -3.38. The van der Waals surface area contributed by atoms with Crippen LogP contribution in [0.4, 0.5) is 5.82 Å². The van der Waals surface area contributed by atoms with Crippen LogP contribution in [0.5, 0.6) is 0 Å². The maximum atomic E-state index is 13.2. The van der Waals surface area contributed by atoms with Crippen molar-refractivity contribution in [2.24, 2.45) is 0 Å². The molecule has 1 aromatic rings.